The Morgan fingerprint density at radius 3 is 2.26 bits per heavy atom. The zero-order chi connectivity index (χ0) is 26.6. The normalized spacial score (nSPS) is 13.3. The van der Waals surface area contributed by atoms with Crippen LogP contribution in [0.3, 0.4) is 0 Å². The molecular formula is C30H46NO2PS. The molecule has 0 aromatic heterocycles. The van der Waals surface area contributed by atoms with E-state index in [0.29, 0.717) is 12.1 Å². The number of nitrogens with one attached hydrogen (secondary N) is 1. The van der Waals surface area contributed by atoms with E-state index in [4.69, 9.17) is 4.74 Å². The molecule has 1 aromatic rings. The zero-order valence-electron chi connectivity index (χ0n) is 23.1. The fraction of sp³-hybridized carbons (Fsp3) is 0.500. The van der Waals surface area contributed by atoms with Crippen molar-refractivity contribution in [2.45, 2.75) is 92.3 Å². The van der Waals surface area contributed by atoms with Crippen molar-refractivity contribution in [3.63, 3.8) is 0 Å². The average molecular weight is 516 g/mol. The van der Waals surface area contributed by atoms with Gasteiger partial charge in [-0.3, -0.25) is 4.79 Å². The van der Waals surface area contributed by atoms with Crippen LogP contribution in [-0.2, 0) is 0 Å². The number of hydrogen-bond acceptors (Lipinski definition) is 3. The third-order valence-corrected chi connectivity index (χ3v) is 7.36. The van der Waals surface area contributed by atoms with E-state index >= 15 is 0 Å². The number of benzene rings is 1. The summed E-state index contributed by atoms with van der Waals surface area (Å²) in [6.45, 7) is 21.6. The first kappa shape index (κ1) is 31.3. The quantitative estimate of drug-likeness (QED) is 0.198. The van der Waals surface area contributed by atoms with E-state index in [9.17, 15) is 4.79 Å². The third-order valence-electron chi connectivity index (χ3n) is 5.87. The van der Waals surface area contributed by atoms with Gasteiger partial charge < -0.3 is 10.1 Å². The van der Waals surface area contributed by atoms with Gasteiger partial charge in [0.05, 0.1) is 6.10 Å². The van der Waals surface area contributed by atoms with Crippen molar-refractivity contribution in [3.05, 3.63) is 70.2 Å². The van der Waals surface area contributed by atoms with Crippen LogP contribution in [0, 0.1) is 0 Å². The molecular weight excluding hydrogens is 469 g/mol. The third kappa shape index (κ3) is 11.7. The van der Waals surface area contributed by atoms with Gasteiger partial charge >= 0.3 is 0 Å². The Balaban J connectivity index is 3.16. The minimum atomic E-state index is -0.111. The van der Waals surface area contributed by atoms with Crippen LogP contribution < -0.4 is 10.1 Å². The molecule has 0 bridgehead atoms. The summed E-state index contributed by atoms with van der Waals surface area (Å²) in [7, 11) is 2.86. The maximum absolute atomic E-state index is 13.1. The summed E-state index contributed by atoms with van der Waals surface area (Å²) >= 11 is 1.61. The average Bonchev–Trinajstić information content (AvgIpc) is 2.80. The molecule has 1 aromatic carbocycles. The van der Waals surface area contributed by atoms with Gasteiger partial charge in [0.25, 0.3) is 5.91 Å². The molecule has 0 fully saturated rings. The molecule has 0 spiro atoms. The van der Waals surface area contributed by atoms with Gasteiger partial charge in [-0.1, -0.05) is 88.3 Å². The van der Waals surface area contributed by atoms with Gasteiger partial charge in [0, 0.05) is 22.2 Å². The van der Waals surface area contributed by atoms with Crippen LogP contribution in [-0.4, -0.2) is 23.7 Å². The first-order chi connectivity index (χ1) is 16.4. The predicted octanol–water partition coefficient (Wildman–Crippen LogP) is 8.94. The molecule has 0 aliphatic rings. The topological polar surface area (TPSA) is 38.3 Å². The summed E-state index contributed by atoms with van der Waals surface area (Å²) in [5, 5.41) is 3.12. The van der Waals surface area contributed by atoms with Crippen molar-refractivity contribution in [2.24, 2.45) is 0 Å². The largest absolute Gasteiger partial charge is 0.490 e. The van der Waals surface area contributed by atoms with Crippen LogP contribution in [0.5, 0.6) is 5.75 Å². The number of rotatable bonds is 14. The first-order valence-corrected chi connectivity index (χ1v) is 14.0. The van der Waals surface area contributed by atoms with E-state index in [1.54, 1.807) is 11.8 Å². The molecule has 0 heterocycles. The van der Waals surface area contributed by atoms with E-state index in [1.807, 2.05) is 32.0 Å². The molecule has 194 valence electrons. The van der Waals surface area contributed by atoms with E-state index in [2.05, 4.69) is 80.9 Å². The molecule has 1 unspecified atom stereocenters. The van der Waals surface area contributed by atoms with Crippen molar-refractivity contribution >= 4 is 31.8 Å². The molecule has 3 nitrogen and oxygen atoms in total. The zero-order valence-corrected chi connectivity index (χ0v) is 25.1. The molecule has 35 heavy (non-hydrogen) atoms. The first-order valence-electron chi connectivity index (χ1n) is 12.6. The van der Waals surface area contributed by atoms with Gasteiger partial charge in [-0.05, 0) is 69.2 Å². The van der Waals surface area contributed by atoms with Gasteiger partial charge in [0.15, 0.2) is 0 Å². The van der Waals surface area contributed by atoms with Crippen molar-refractivity contribution in [2.75, 3.05) is 6.54 Å². The Labute approximate surface area is 221 Å². The lowest BCUT2D eigenvalue weighted by molar-refractivity contribution is 0.0956. The minimum Gasteiger partial charge on any atom is -0.490 e. The molecule has 1 N–H and O–H groups in total. The van der Waals surface area contributed by atoms with E-state index in [0.717, 1.165) is 47.5 Å². The second-order valence-corrected chi connectivity index (χ2v) is 12.5. The fourth-order valence-corrected chi connectivity index (χ4v) is 4.07. The number of amides is 1. The highest BCUT2D eigenvalue weighted by atomic mass is 32.2. The van der Waals surface area contributed by atoms with Crippen LogP contribution in [0.25, 0.3) is 4.91 Å². The maximum Gasteiger partial charge on any atom is 0.251 e. The molecule has 0 radical (unpaired) electrons. The SMILES string of the molecule is C=C(S/C(C)=C\C)c1cc(OC(CCC)CCC)cc(C(=O)NC/C(C)=C/C=C(\C)C(C)(C)P)c1. The highest BCUT2D eigenvalue weighted by Gasteiger charge is 2.15. The minimum absolute atomic E-state index is 0.0516. The number of hydrogen-bond donors (Lipinski definition) is 1. The monoisotopic (exact) mass is 515 g/mol. The molecule has 0 aliphatic heterocycles. The number of carbonyl (C=O) groups is 1. The summed E-state index contributed by atoms with van der Waals surface area (Å²) in [5.74, 6) is 0.618. The number of allylic oxidation sites excluding steroid dienone is 5. The summed E-state index contributed by atoms with van der Waals surface area (Å²) < 4.78 is 6.36. The van der Waals surface area contributed by atoms with E-state index < -0.39 is 0 Å². The molecule has 0 saturated heterocycles. The Morgan fingerprint density at radius 2 is 1.71 bits per heavy atom. The van der Waals surface area contributed by atoms with Crippen LogP contribution in [0.1, 0.15) is 97.0 Å². The fourth-order valence-electron chi connectivity index (χ4n) is 3.23. The molecule has 1 atom stereocenters. The smallest absolute Gasteiger partial charge is 0.251 e. The lowest BCUT2D eigenvalue weighted by atomic mass is 10.0. The van der Waals surface area contributed by atoms with Crippen molar-refractivity contribution in [3.8, 4) is 5.75 Å². The highest BCUT2D eigenvalue weighted by molar-refractivity contribution is 8.11. The lowest BCUT2D eigenvalue weighted by Gasteiger charge is -2.20. The summed E-state index contributed by atoms with van der Waals surface area (Å²) in [6.07, 6.45) is 10.5. The standard InChI is InChI=1S/C30H46NO2PS/c1-10-13-27(14-11-2)33-28-18-25(24(7)35-23(6)12-3)17-26(19-28)29(32)31-20-21(4)15-16-22(5)30(8,9)34/h12,15-19,27H,7,10-11,13-14,20,34H2,1-6,8-9H3,(H,31,32)/b21-15+,22-16+,23-12-. The summed E-state index contributed by atoms with van der Waals surface area (Å²) in [6, 6.07) is 5.78. The van der Waals surface area contributed by atoms with Crippen molar-refractivity contribution < 1.29 is 9.53 Å². The van der Waals surface area contributed by atoms with Gasteiger partial charge in [-0.25, -0.2) is 0 Å². The molecule has 1 rings (SSSR count). The molecule has 0 aliphatic carbocycles. The lowest BCUT2D eigenvalue weighted by Crippen LogP contribution is -2.25. The second kappa shape index (κ2) is 15.4. The van der Waals surface area contributed by atoms with E-state index in [1.165, 1.54) is 10.5 Å². The van der Waals surface area contributed by atoms with Crippen LogP contribution >= 0.6 is 21.0 Å². The van der Waals surface area contributed by atoms with Gasteiger partial charge in [0.2, 0.25) is 0 Å². The van der Waals surface area contributed by atoms with Crippen LogP contribution in [0.2, 0.25) is 0 Å². The second-order valence-electron chi connectivity index (χ2n) is 9.75. The maximum atomic E-state index is 13.1. The van der Waals surface area contributed by atoms with Crippen LogP contribution in [0.4, 0.5) is 0 Å². The van der Waals surface area contributed by atoms with Crippen molar-refractivity contribution in [1.82, 2.24) is 5.32 Å². The summed E-state index contributed by atoms with van der Waals surface area (Å²) in [5.41, 5.74) is 3.87. The number of thioether (sulfide) groups is 1. The summed E-state index contributed by atoms with van der Waals surface area (Å²) in [4.78, 5) is 15.2. The van der Waals surface area contributed by atoms with Gasteiger partial charge in [-0.2, -0.15) is 0 Å². The number of ether oxygens (including phenoxy) is 1. The molecule has 0 saturated carbocycles. The highest BCUT2D eigenvalue weighted by Crippen LogP contribution is 2.34. The van der Waals surface area contributed by atoms with Crippen molar-refractivity contribution in [1.29, 1.82) is 0 Å². The van der Waals surface area contributed by atoms with Gasteiger partial charge in [-0.15, -0.1) is 9.24 Å². The Kier molecular flexibility index (Phi) is 13.7. The predicted molar refractivity (Wildman–Crippen MR) is 160 cm³/mol. The van der Waals surface area contributed by atoms with E-state index in [-0.39, 0.29) is 17.2 Å². The number of carbonyl (C=O) groups excluding carboxylic acids is 1. The Hall–Kier alpha value is -1.77. The molecule has 5 heteroatoms. The molecule has 1 amide bonds. The van der Waals surface area contributed by atoms with Gasteiger partial charge in [0.1, 0.15) is 5.75 Å². The Morgan fingerprint density at radius 1 is 1.11 bits per heavy atom. The van der Waals surface area contributed by atoms with Crippen LogP contribution in [0.15, 0.2) is 59.1 Å². The Bertz CT molecular complexity index is 948.